The van der Waals surface area contributed by atoms with Gasteiger partial charge in [-0.25, -0.2) is 0 Å². The molecule has 2 aromatic rings. The van der Waals surface area contributed by atoms with Crippen molar-refractivity contribution in [1.29, 1.82) is 0 Å². The van der Waals surface area contributed by atoms with Gasteiger partial charge in [-0.05, 0) is 47.4 Å². The van der Waals surface area contributed by atoms with E-state index in [9.17, 15) is 4.79 Å². The summed E-state index contributed by atoms with van der Waals surface area (Å²) < 4.78 is 5.20. The van der Waals surface area contributed by atoms with Gasteiger partial charge in [-0.1, -0.05) is 30.3 Å². The molecule has 0 saturated heterocycles. The molecule has 0 fully saturated rings. The molecule has 116 valence electrons. The van der Waals surface area contributed by atoms with Crippen molar-refractivity contribution in [3.63, 3.8) is 0 Å². The zero-order valence-electron chi connectivity index (χ0n) is 12.9. The van der Waals surface area contributed by atoms with E-state index in [2.05, 4.69) is 0 Å². The van der Waals surface area contributed by atoms with Gasteiger partial charge in [0.15, 0.2) is 0 Å². The van der Waals surface area contributed by atoms with Crippen LogP contribution in [0.4, 0.5) is 5.69 Å². The maximum Gasteiger partial charge on any atom is 0.251 e. The van der Waals surface area contributed by atoms with Crippen molar-refractivity contribution in [2.45, 2.75) is 6.92 Å². The smallest absolute Gasteiger partial charge is 0.251 e. The zero-order chi connectivity index (χ0) is 16.4. The van der Waals surface area contributed by atoms with Crippen molar-refractivity contribution in [2.75, 3.05) is 12.3 Å². The number of amides is 1. The lowest BCUT2D eigenvalue weighted by Crippen LogP contribution is -2.17. The largest absolute Gasteiger partial charge is 0.497 e. The fourth-order valence-corrected chi connectivity index (χ4v) is 2.86. The molecule has 4 N–H and O–H groups in total. The lowest BCUT2D eigenvalue weighted by molar-refractivity contribution is 0.100. The molecule has 0 aromatic heterocycles. The van der Waals surface area contributed by atoms with Gasteiger partial charge in [0.25, 0.3) is 5.91 Å². The molecule has 0 aliphatic carbocycles. The highest BCUT2D eigenvalue weighted by Crippen LogP contribution is 2.36. The summed E-state index contributed by atoms with van der Waals surface area (Å²) in [7, 11) is 0. The molecule has 1 aliphatic rings. The predicted molar refractivity (Wildman–Crippen MR) is 92.6 cm³/mol. The number of carbonyl (C=O) groups excluding carboxylic acids is 1. The summed E-state index contributed by atoms with van der Waals surface area (Å²) >= 11 is 0. The second kappa shape index (κ2) is 6.01. The van der Waals surface area contributed by atoms with Gasteiger partial charge >= 0.3 is 0 Å². The third kappa shape index (κ3) is 2.71. The van der Waals surface area contributed by atoms with Crippen LogP contribution in [0.3, 0.4) is 0 Å². The number of nitrogen functional groups attached to an aromatic ring is 1. The first-order valence-corrected chi connectivity index (χ1v) is 7.36. The first kappa shape index (κ1) is 14.9. The van der Waals surface area contributed by atoms with Crippen LogP contribution in [0.1, 0.15) is 21.5 Å². The summed E-state index contributed by atoms with van der Waals surface area (Å²) in [6.07, 6.45) is 5.50. The lowest BCUT2D eigenvalue weighted by Gasteiger charge is -2.18. The Labute approximate surface area is 135 Å². The first-order valence-electron chi connectivity index (χ1n) is 7.36. The Morgan fingerprint density at radius 2 is 1.91 bits per heavy atom. The van der Waals surface area contributed by atoms with Crippen LogP contribution in [0.2, 0.25) is 0 Å². The number of hydrogen-bond donors (Lipinski definition) is 2. The Balaban J connectivity index is 2.29. The Kier molecular flexibility index (Phi) is 3.89. The Hall–Kier alpha value is -3.01. The van der Waals surface area contributed by atoms with E-state index in [1.807, 2.05) is 55.5 Å². The minimum atomic E-state index is -0.518. The van der Waals surface area contributed by atoms with Crippen LogP contribution < -0.4 is 11.5 Å². The van der Waals surface area contributed by atoms with E-state index in [0.717, 1.165) is 27.8 Å². The van der Waals surface area contributed by atoms with E-state index in [-0.39, 0.29) is 0 Å². The van der Waals surface area contributed by atoms with Gasteiger partial charge in [0.2, 0.25) is 0 Å². The third-order valence-electron chi connectivity index (χ3n) is 4.01. The summed E-state index contributed by atoms with van der Waals surface area (Å²) in [5.41, 5.74) is 17.1. The van der Waals surface area contributed by atoms with Crippen LogP contribution in [0.5, 0.6) is 0 Å². The number of ether oxygens (including phenoxy) is 1. The van der Waals surface area contributed by atoms with Gasteiger partial charge in [0, 0.05) is 5.56 Å². The Morgan fingerprint density at radius 1 is 1.17 bits per heavy atom. The van der Waals surface area contributed by atoms with Gasteiger partial charge in [0.1, 0.15) is 6.61 Å². The molecule has 3 rings (SSSR count). The molecule has 0 radical (unpaired) electrons. The molecule has 1 amide bonds. The molecular formula is C19H18N2O2. The molecule has 1 aliphatic heterocycles. The second-order valence-electron chi connectivity index (χ2n) is 5.41. The number of hydrogen-bond acceptors (Lipinski definition) is 3. The number of allylic oxidation sites excluding steroid dienone is 2. The number of anilines is 1. The highest BCUT2D eigenvalue weighted by Gasteiger charge is 2.19. The molecule has 0 spiro atoms. The molecule has 0 saturated carbocycles. The molecule has 4 heteroatoms. The van der Waals surface area contributed by atoms with Gasteiger partial charge in [-0.15, -0.1) is 0 Å². The summed E-state index contributed by atoms with van der Waals surface area (Å²) in [4.78, 5) is 11.9. The van der Waals surface area contributed by atoms with E-state index >= 15 is 0 Å². The lowest BCUT2D eigenvalue weighted by atomic mass is 9.89. The minimum Gasteiger partial charge on any atom is -0.497 e. The van der Waals surface area contributed by atoms with E-state index in [1.54, 1.807) is 6.26 Å². The van der Waals surface area contributed by atoms with Crippen molar-refractivity contribution < 1.29 is 9.53 Å². The summed E-state index contributed by atoms with van der Waals surface area (Å²) in [5, 5.41) is 0. The van der Waals surface area contributed by atoms with Crippen molar-refractivity contribution in [3.05, 3.63) is 71.5 Å². The first-order chi connectivity index (χ1) is 11.1. The third-order valence-corrected chi connectivity index (χ3v) is 4.01. The highest BCUT2D eigenvalue weighted by atomic mass is 16.5. The molecule has 2 aromatic carbocycles. The molecular weight excluding hydrogens is 288 g/mol. The predicted octanol–water partition coefficient (Wildman–Crippen LogP) is 3.27. The van der Waals surface area contributed by atoms with E-state index in [1.165, 1.54) is 0 Å². The average Bonchev–Trinajstić information content (AvgIpc) is 2.56. The maximum atomic E-state index is 11.9. The van der Waals surface area contributed by atoms with Crippen molar-refractivity contribution in [1.82, 2.24) is 0 Å². The number of nitrogens with two attached hydrogens (primary N) is 2. The molecule has 23 heavy (non-hydrogen) atoms. The van der Waals surface area contributed by atoms with Gasteiger partial charge in [-0.3, -0.25) is 4.79 Å². The normalized spacial score (nSPS) is 13.3. The zero-order valence-corrected chi connectivity index (χ0v) is 12.9. The summed E-state index contributed by atoms with van der Waals surface area (Å²) in [6, 6.07) is 11.7. The van der Waals surface area contributed by atoms with Crippen molar-refractivity contribution >= 4 is 17.2 Å². The standard InChI is InChI=1S/C19H18N2O2/c1-12-15(14-7-9-23-10-8-14)11-16(13-5-3-2-4-6-13)18(20)17(12)19(21)22/h2-9,11H,10,20H2,1H3,(H2,21,22). The van der Waals surface area contributed by atoms with Gasteiger partial charge in [-0.2, -0.15) is 0 Å². The molecule has 4 nitrogen and oxygen atoms in total. The number of rotatable bonds is 3. The van der Waals surface area contributed by atoms with Crippen LogP contribution >= 0.6 is 0 Å². The van der Waals surface area contributed by atoms with E-state index in [0.29, 0.717) is 17.9 Å². The van der Waals surface area contributed by atoms with Crippen LogP contribution in [-0.2, 0) is 4.74 Å². The van der Waals surface area contributed by atoms with Crippen LogP contribution in [0.15, 0.2) is 54.8 Å². The average molecular weight is 306 g/mol. The Morgan fingerprint density at radius 3 is 2.52 bits per heavy atom. The minimum absolute atomic E-state index is 0.377. The molecule has 1 heterocycles. The van der Waals surface area contributed by atoms with E-state index in [4.69, 9.17) is 16.2 Å². The SMILES string of the molecule is Cc1c(C2=CCOC=C2)cc(-c2ccccc2)c(N)c1C(N)=O. The fourth-order valence-electron chi connectivity index (χ4n) is 2.86. The quantitative estimate of drug-likeness (QED) is 0.854. The number of primary amides is 1. The van der Waals surface area contributed by atoms with Crippen LogP contribution in [0, 0.1) is 6.92 Å². The maximum absolute atomic E-state index is 11.9. The van der Waals surface area contributed by atoms with Crippen LogP contribution in [-0.4, -0.2) is 12.5 Å². The molecule has 0 bridgehead atoms. The molecule has 0 atom stereocenters. The van der Waals surface area contributed by atoms with Gasteiger partial charge in [0.05, 0.1) is 17.5 Å². The van der Waals surface area contributed by atoms with E-state index < -0.39 is 5.91 Å². The second-order valence-corrected chi connectivity index (χ2v) is 5.41. The summed E-state index contributed by atoms with van der Waals surface area (Å²) in [5.74, 6) is -0.518. The summed E-state index contributed by atoms with van der Waals surface area (Å²) in [6.45, 7) is 2.37. The topological polar surface area (TPSA) is 78.3 Å². The fraction of sp³-hybridized carbons (Fsp3) is 0.105. The van der Waals surface area contributed by atoms with Crippen molar-refractivity contribution in [3.8, 4) is 11.1 Å². The number of benzene rings is 2. The van der Waals surface area contributed by atoms with Crippen LogP contribution in [0.25, 0.3) is 16.7 Å². The van der Waals surface area contributed by atoms with Gasteiger partial charge < -0.3 is 16.2 Å². The molecule has 0 unspecified atom stereocenters. The number of carbonyl (C=O) groups is 1. The Bertz CT molecular complexity index is 821. The monoisotopic (exact) mass is 306 g/mol. The highest BCUT2D eigenvalue weighted by molar-refractivity contribution is 6.05. The van der Waals surface area contributed by atoms with Crippen molar-refractivity contribution in [2.24, 2.45) is 5.73 Å².